The Morgan fingerprint density at radius 3 is 2.52 bits per heavy atom. The number of ether oxygens (including phenoxy) is 1. The lowest BCUT2D eigenvalue weighted by Crippen LogP contribution is -2.40. The van der Waals surface area contributed by atoms with Crippen LogP contribution in [0.3, 0.4) is 0 Å². The quantitative estimate of drug-likeness (QED) is 0.223. The molecular formula is C36H42N4O5S. The summed E-state index contributed by atoms with van der Waals surface area (Å²) < 4.78 is 7.83. The number of rotatable bonds is 8. The van der Waals surface area contributed by atoms with Crippen molar-refractivity contribution in [3.63, 3.8) is 0 Å². The van der Waals surface area contributed by atoms with Crippen LogP contribution in [-0.4, -0.2) is 76.3 Å². The second-order valence-electron chi connectivity index (χ2n) is 12.8. The smallest absolute Gasteiger partial charge is 0.410 e. The van der Waals surface area contributed by atoms with Gasteiger partial charge in [-0.1, -0.05) is 24.1 Å². The van der Waals surface area contributed by atoms with Gasteiger partial charge in [-0.15, -0.1) is 11.3 Å². The Bertz CT molecular complexity index is 1810. The Morgan fingerprint density at radius 1 is 1.07 bits per heavy atom. The van der Waals surface area contributed by atoms with Crippen LogP contribution in [0.15, 0.2) is 47.8 Å². The molecule has 1 saturated heterocycles. The summed E-state index contributed by atoms with van der Waals surface area (Å²) in [6.45, 7) is 11.6. The summed E-state index contributed by atoms with van der Waals surface area (Å²) in [4.78, 5) is 40.8. The fraction of sp³-hybridized carbons (Fsp3) is 0.417. The van der Waals surface area contributed by atoms with E-state index in [4.69, 9.17) is 9.84 Å². The van der Waals surface area contributed by atoms with Gasteiger partial charge in [-0.05, 0) is 89.0 Å². The lowest BCUT2D eigenvalue weighted by atomic mass is 9.97. The summed E-state index contributed by atoms with van der Waals surface area (Å²) in [5.41, 5.74) is 4.65. The summed E-state index contributed by atoms with van der Waals surface area (Å²) in [7, 11) is 1.75. The number of fused-ring (bicyclic) bond motifs is 3. The number of carboxylic acid groups (broad SMARTS) is 1. The topological polar surface area (TPSA) is 104 Å². The van der Waals surface area contributed by atoms with E-state index in [-0.39, 0.29) is 17.9 Å². The summed E-state index contributed by atoms with van der Waals surface area (Å²) in [5.74, 6) is 4.39. The van der Waals surface area contributed by atoms with Crippen molar-refractivity contribution in [1.82, 2.24) is 19.7 Å². The van der Waals surface area contributed by atoms with Crippen molar-refractivity contribution < 1.29 is 24.2 Å². The summed E-state index contributed by atoms with van der Waals surface area (Å²) in [6, 6.07) is 14.9. The number of aliphatic carboxylic acids is 1. The molecule has 1 aliphatic heterocycles. The van der Waals surface area contributed by atoms with Gasteiger partial charge in [-0.3, -0.25) is 9.59 Å². The first-order chi connectivity index (χ1) is 21.9. The van der Waals surface area contributed by atoms with Gasteiger partial charge in [0, 0.05) is 76.8 Å². The highest BCUT2D eigenvalue weighted by Crippen LogP contribution is 2.35. The highest BCUT2D eigenvalue weighted by atomic mass is 32.1. The van der Waals surface area contributed by atoms with Gasteiger partial charge in [0.1, 0.15) is 5.60 Å². The Hall–Kier alpha value is -4.33. The molecule has 0 atom stereocenters. The highest BCUT2D eigenvalue weighted by Gasteiger charge is 2.24. The normalized spacial score (nSPS) is 14.2. The molecule has 0 unspecified atom stereocenters. The number of aryl methyl sites for hydroxylation is 1. The lowest BCUT2D eigenvalue weighted by molar-refractivity contribution is -0.143. The Morgan fingerprint density at radius 2 is 1.83 bits per heavy atom. The minimum Gasteiger partial charge on any atom is -0.481 e. The van der Waals surface area contributed by atoms with Crippen LogP contribution in [0.1, 0.15) is 51.7 Å². The zero-order valence-electron chi connectivity index (χ0n) is 27.2. The molecule has 242 valence electrons. The largest absolute Gasteiger partial charge is 0.481 e. The highest BCUT2D eigenvalue weighted by molar-refractivity contribution is 7.13. The second-order valence-corrected chi connectivity index (χ2v) is 13.7. The Balaban J connectivity index is 1.25. The van der Waals surface area contributed by atoms with Crippen LogP contribution in [-0.2, 0) is 27.4 Å². The van der Waals surface area contributed by atoms with E-state index >= 15 is 0 Å². The molecule has 2 amide bonds. The van der Waals surface area contributed by atoms with Gasteiger partial charge in [-0.2, -0.15) is 0 Å². The zero-order valence-corrected chi connectivity index (χ0v) is 28.0. The van der Waals surface area contributed by atoms with Crippen molar-refractivity contribution >= 4 is 51.1 Å². The maximum Gasteiger partial charge on any atom is 0.410 e. The average molecular weight is 643 g/mol. The predicted octanol–water partition coefficient (Wildman–Crippen LogP) is 6.17. The fourth-order valence-electron chi connectivity index (χ4n) is 5.87. The third kappa shape index (κ3) is 7.90. The van der Waals surface area contributed by atoms with E-state index in [9.17, 15) is 14.4 Å². The van der Waals surface area contributed by atoms with Crippen molar-refractivity contribution in [2.75, 3.05) is 33.2 Å². The monoisotopic (exact) mass is 642 g/mol. The minimum absolute atomic E-state index is 0.259. The van der Waals surface area contributed by atoms with Gasteiger partial charge in [0.05, 0.1) is 5.92 Å². The van der Waals surface area contributed by atoms with Gasteiger partial charge >= 0.3 is 12.1 Å². The van der Waals surface area contributed by atoms with E-state index in [1.807, 2.05) is 32.2 Å². The maximum atomic E-state index is 12.5. The number of nitrogens with one attached hydrogen (secondary N) is 1. The molecule has 2 N–H and O–H groups in total. The van der Waals surface area contributed by atoms with E-state index < -0.39 is 11.6 Å². The van der Waals surface area contributed by atoms with E-state index in [2.05, 4.69) is 69.9 Å². The van der Waals surface area contributed by atoms with Crippen molar-refractivity contribution in [1.29, 1.82) is 0 Å². The first kappa shape index (κ1) is 33.0. The number of carbonyl (C=O) groups is 3. The molecule has 5 rings (SSSR count). The standard InChI is InChI=1S/C36H42N4O5S/c1-6-40-30-11-7-24(22-38(5)35(44)45-36(2,3)4)19-29(30)28-10-9-27(21-31(28)40)32-20-25(23-46-32)8-12-33(41)37-15-18-39-16-13-26(14-17-39)34(42)43/h7,9-11,19-21,23,26H,6,13-18,22H2,1-5H3,(H,37,41)(H,42,43). The van der Waals surface area contributed by atoms with E-state index in [0.717, 1.165) is 63.0 Å². The molecule has 0 saturated carbocycles. The number of aromatic nitrogens is 1. The van der Waals surface area contributed by atoms with Crippen molar-refractivity contribution in [2.45, 2.75) is 59.2 Å². The molecule has 46 heavy (non-hydrogen) atoms. The van der Waals surface area contributed by atoms with Gasteiger partial charge in [0.2, 0.25) is 0 Å². The van der Waals surface area contributed by atoms with Crippen LogP contribution >= 0.6 is 11.3 Å². The van der Waals surface area contributed by atoms with E-state index in [0.29, 0.717) is 32.5 Å². The molecule has 10 heteroatoms. The molecule has 4 aromatic rings. The Kier molecular flexibility index (Phi) is 10.0. The number of amides is 2. The van der Waals surface area contributed by atoms with Gasteiger partial charge < -0.3 is 29.5 Å². The minimum atomic E-state index is -0.721. The molecule has 0 bridgehead atoms. The number of piperidine rings is 1. The molecule has 0 aliphatic carbocycles. The number of nitrogens with zero attached hydrogens (tertiary/aromatic N) is 3. The third-order valence-electron chi connectivity index (χ3n) is 8.23. The van der Waals surface area contributed by atoms with E-state index in [1.165, 1.54) is 0 Å². The van der Waals surface area contributed by atoms with Crippen LogP contribution in [0.2, 0.25) is 0 Å². The number of benzene rings is 2. The first-order valence-electron chi connectivity index (χ1n) is 15.7. The Labute approximate surface area is 274 Å². The molecule has 0 spiro atoms. The van der Waals surface area contributed by atoms with Crippen LogP contribution in [0, 0.1) is 17.8 Å². The molecule has 1 fully saturated rings. The van der Waals surface area contributed by atoms with Crippen LogP contribution < -0.4 is 5.32 Å². The van der Waals surface area contributed by atoms with Gasteiger partial charge in [0.25, 0.3) is 5.91 Å². The number of thiophene rings is 1. The maximum absolute atomic E-state index is 12.5. The van der Waals surface area contributed by atoms with E-state index in [1.54, 1.807) is 23.3 Å². The second kappa shape index (κ2) is 14.0. The number of hydrogen-bond donors (Lipinski definition) is 2. The summed E-state index contributed by atoms with van der Waals surface area (Å²) >= 11 is 1.60. The molecule has 3 heterocycles. The van der Waals surface area contributed by atoms with Crippen molar-refractivity contribution in [3.8, 4) is 22.3 Å². The van der Waals surface area contributed by atoms with Crippen LogP contribution in [0.5, 0.6) is 0 Å². The van der Waals surface area contributed by atoms with Crippen LogP contribution in [0.25, 0.3) is 32.2 Å². The molecule has 9 nitrogen and oxygen atoms in total. The number of carbonyl (C=O) groups excluding carboxylic acids is 2. The van der Waals surface area contributed by atoms with Crippen molar-refractivity contribution in [3.05, 3.63) is 59.0 Å². The fourth-order valence-corrected chi connectivity index (χ4v) is 6.71. The first-order valence-corrected chi connectivity index (χ1v) is 16.6. The molecular weight excluding hydrogens is 600 g/mol. The summed E-state index contributed by atoms with van der Waals surface area (Å²) in [5, 5.41) is 16.3. The predicted molar refractivity (Wildman–Crippen MR) is 183 cm³/mol. The summed E-state index contributed by atoms with van der Waals surface area (Å²) in [6.07, 6.45) is 0.945. The van der Waals surface area contributed by atoms with Gasteiger partial charge in [-0.25, -0.2) is 4.79 Å². The lowest BCUT2D eigenvalue weighted by Gasteiger charge is -2.29. The van der Waals surface area contributed by atoms with Crippen molar-refractivity contribution in [2.24, 2.45) is 5.92 Å². The van der Waals surface area contributed by atoms with Gasteiger partial charge in [0.15, 0.2) is 0 Å². The average Bonchev–Trinajstić information content (AvgIpc) is 3.61. The molecule has 2 aromatic heterocycles. The number of hydrogen-bond acceptors (Lipinski definition) is 6. The van der Waals surface area contributed by atoms with Crippen LogP contribution in [0.4, 0.5) is 4.79 Å². The molecule has 2 aromatic carbocycles. The number of likely N-dealkylation sites (tertiary alicyclic amines) is 1. The SMILES string of the molecule is CCn1c2ccc(CN(C)C(=O)OC(C)(C)C)cc2c2ccc(-c3cc(C#CC(=O)NCCN4CCC(C(=O)O)CC4)cs3)cc21. The zero-order chi connectivity index (χ0) is 33.0. The number of carboxylic acids is 1. The molecule has 0 radical (unpaired) electrons. The third-order valence-corrected chi connectivity index (χ3v) is 9.21. The molecule has 1 aliphatic rings.